The fourth-order valence-corrected chi connectivity index (χ4v) is 2.29. The molecule has 0 saturated heterocycles. The topological polar surface area (TPSA) is 58.7 Å². The fraction of sp³-hybridized carbons (Fsp3) is 0.571. The van der Waals surface area contributed by atoms with Crippen LogP contribution in [0, 0.1) is 0 Å². The summed E-state index contributed by atoms with van der Waals surface area (Å²) in [5.41, 5.74) is 6.83. The third kappa shape index (κ3) is 4.00. The van der Waals surface area contributed by atoms with E-state index in [2.05, 4.69) is 11.8 Å². The van der Waals surface area contributed by atoms with Gasteiger partial charge in [0.25, 0.3) is 0 Å². The number of hydrogen-bond acceptors (Lipinski definition) is 4. The molecule has 0 aromatic heterocycles. The summed E-state index contributed by atoms with van der Waals surface area (Å²) in [6.45, 7) is 3.62. The van der Waals surface area contributed by atoms with Gasteiger partial charge in [0.15, 0.2) is 11.5 Å². The molecule has 1 rings (SSSR count). The quantitative estimate of drug-likeness (QED) is 0.809. The van der Waals surface area contributed by atoms with Crippen LogP contribution >= 0.6 is 11.6 Å². The predicted octanol–water partition coefficient (Wildman–Crippen LogP) is 2.79. The Kier molecular flexibility index (Phi) is 6.42. The van der Waals surface area contributed by atoms with Crippen LogP contribution in [0.5, 0.6) is 11.5 Å². The zero-order valence-corrected chi connectivity index (χ0v) is 12.6. The van der Waals surface area contributed by atoms with Gasteiger partial charge in [-0.3, -0.25) is 4.90 Å². The van der Waals surface area contributed by atoms with Crippen LogP contribution in [-0.2, 0) is 0 Å². The monoisotopic (exact) mass is 286 g/mol. The van der Waals surface area contributed by atoms with Gasteiger partial charge in [0.2, 0.25) is 0 Å². The van der Waals surface area contributed by atoms with Crippen molar-refractivity contribution in [3.63, 3.8) is 0 Å². The van der Waals surface area contributed by atoms with Crippen LogP contribution < -0.4 is 10.5 Å². The van der Waals surface area contributed by atoms with Gasteiger partial charge in [-0.05, 0) is 37.7 Å². The first kappa shape index (κ1) is 16.1. The second-order valence-corrected chi connectivity index (χ2v) is 5.05. The van der Waals surface area contributed by atoms with Crippen molar-refractivity contribution in [1.29, 1.82) is 0 Å². The average molecular weight is 287 g/mol. The maximum atomic E-state index is 9.75. The van der Waals surface area contributed by atoms with E-state index < -0.39 is 0 Å². The zero-order chi connectivity index (χ0) is 14.4. The maximum absolute atomic E-state index is 9.75. The van der Waals surface area contributed by atoms with Crippen molar-refractivity contribution in [1.82, 2.24) is 4.90 Å². The Balaban J connectivity index is 3.01. The lowest BCUT2D eigenvalue weighted by Gasteiger charge is -2.27. The van der Waals surface area contributed by atoms with E-state index in [1.54, 1.807) is 12.1 Å². The van der Waals surface area contributed by atoms with Crippen molar-refractivity contribution in [3.05, 3.63) is 22.7 Å². The molecule has 0 radical (unpaired) electrons. The average Bonchev–Trinajstić information content (AvgIpc) is 2.40. The molecule has 1 aromatic carbocycles. The van der Waals surface area contributed by atoms with Gasteiger partial charge in [0, 0.05) is 12.6 Å². The maximum Gasteiger partial charge on any atom is 0.176 e. The molecule has 5 heteroatoms. The Morgan fingerprint density at radius 3 is 2.68 bits per heavy atom. The molecule has 0 aliphatic rings. The Bertz CT molecular complexity index is 413. The van der Waals surface area contributed by atoms with Gasteiger partial charge in [0.1, 0.15) is 0 Å². The smallest absolute Gasteiger partial charge is 0.176 e. The molecule has 0 aliphatic heterocycles. The number of ether oxygens (including phenoxy) is 1. The third-order valence-corrected chi connectivity index (χ3v) is 3.56. The minimum Gasteiger partial charge on any atom is -0.503 e. The Morgan fingerprint density at radius 2 is 2.16 bits per heavy atom. The molecule has 4 nitrogen and oxygen atoms in total. The summed E-state index contributed by atoms with van der Waals surface area (Å²) in [4.78, 5) is 2.20. The van der Waals surface area contributed by atoms with Gasteiger partial charge in [-0.15, -0.1) is 0 Å². The second-order valence-electron chi connectivity index (χ2n) is 4.64. The molecule has 0 amide bonds. The Labute approximate surface area is 120 Å². The standard InChI is InChI=1S/C14H23ClN2O2/c1-4-5-6-17(2)12(9-16)10-7-11(15)14(18)13(8-10)19-3/h7-8,12,18H,4-6,9,16H2,1-3H3. The van der Waals surface area contributed by atoms with Crippen molar-refractivity contribution < 1.29 is 9.84 Å². The number of nitrogens with two attached hydrogens (primary N) is 1. The number of nitrogens with zero attached hydrogens (tertiary/aromatic N) is 1. The number of phenols is 1. The summed E-state index contributed by atoms with van der Waals surface area (Å²) in [5.74, 6) is 0.352. The summed E-state index contributed by atoms with van der Waals surface area (Å²) < 4.78 is 5.13. The number of phenolic OH excluding ortho intramolecular Hbond substituents is 1. The highest BCUT2D eigenvalue weighted by molar-refractivity contribution is 6.32. The number of benzene rings is 1. The summed E-state index contributed by atoms with van der Waals surface area (Å²) in [7, 11) is 3.55. The summed E-state index contributed by atoms with van der Waals surface area (Å²) >= 11 is 6.02. The molecule has 3 N–H and O–H groups in total. The lowest BCUT2D eigenvalue weighted by Crippen LogP contribution is -2.31. The molecule has 1 aromatic rings. The van der Waals surface area contributed by atoms with E-state index in [1.165, 1.54) is 7.11 Å². The molecule has 0 saturated carbocycles. The zero-order valence-electron chi connectivity index (χ0n) is 11.8. The normalized spacial score (nSPS) is 12.7. The third-order valence-electron chi connectivity index (χ3n) is 3.28. The Hall–Kier alpha value is -0.970. The van der Waals surface area contributed by atoms with Crippen LogP contribution in [-0.4, -0.2) is 37.3 Å². The van der Waals surface area contributed by atoms with E-state index in [-0.39, 0.29) is 16.8 Å². The van der Waals surface area contributed by atoms with Crippen molar-refractivity contribution in [3.8, 4) is 11.5 Å². The van der Waals surface area contributed by atoms with Crippen LogP contribution in [0.1, 0.15) is 31.4 Å². The van der Waals surface area contributed by atoms with Gasteiger partial charge in [-0.1, -0.05) is 24.9 Å². The van der Waals surface area contributed by atoms with Crippen LogP contribution in [0.25, 0.3) is 0 Å². The van der Waals surface area contributed by atoms with Gasteiger partial charge < -0.3 is 15.6 Å². The van der Waals surface area contributed by atoms with Crippen molar-refractivity contribution in [2.45, 2.75) is 25.8 Å². The molecule has 108 valence electrons. The predicted molar refractivity (Wildman–Crippen MR) is 79.0 cm³/mol. The number of rotatable bonds is 7. The van der Waals surface area contributed by atoms with E-state index in [1.807, 2.05) is 7.05 Å². The molecule has 1 atom stereocenters. The van der Waals surface area contributed by atoms with E-state index in [0.717, 1.165) is 24.9 Å². The fourth-order valence-electron chi connectivity index (χ4n) is 2.08. The number of methoxy groups -OCH3 is 1. The van der Waals surface area contributed by atoms with Gasteiger partial charge in [-0.25, -0.2) is 0 Å². The van der Waals surface area contributed by atoms with Crippen molar-refractivity contribution >= 4 is 11.6 Å². The molecule has 0 fully saturated rings. The van der Waals surface area contributed by atoms with E-state index in [0.29, 0.717) is 12.3 Å². The first-order valence-corrected chi connectivity index (χ1v) is 6.89. The van der Waals surface area contributed by atoms with E-state index in [4.69, 9.17) is 22.1 Å². The number of aromatic hydroxyl groups is 1. The molecule has 0 bridgehead atoms. The number of halogens is 1. The van der Waals surface area contributed by atoms with Crippen LogP contribution in [0.4, 0.5) is 0 Å². The SMILES string of the molecule is CCCCN(C)C(CN)c1cc(Cl)c(O)c(OC)c1. The Morgan fingerprint density at radius 1 is 1.47 bits per heavy atom. The lowest BCUT2D eigenvalue weighted by atomic mass is 10.0. The highest BCUT2D eigenvalue weighted by Gasteiger charge is 2.18. The molecular weight excluding hydrogens is 264 g/mol. The number of unbranched alkanes of at least 4 members (excludes halogenated alkanes) is 1. The van der Waals surface area contributed by atoms with Crippen LogP contribution in [0.15, 0.2) is 12.1 Å². The minimum absolute atomic E-state index is 0.0279. The van der Waals surface area contributed by atoms with Crippen LogP contribution in [0.3, 0.4) is 0 Å². The van der Waals surface area contributed by atoms with Crippen LogP contribution in [0.2, 0.25) is 5.02 Å². The second kappa shape index (κ2) is 7.58. The van der Waals surface area contributed by atoms with Gasteiger partial charge in [-0.2, -0.15) is 0 Å². The van der Waals surface area contributed by atoms with Gasteiger partial charge in [0.05, 0.1) is 12.1 Å². The molecule has 0 spiro atoms. The molecular formula is C14H23ClN2O2. The minimum atomic E-state index is -0.0279. The highest BCUT2D eigenvalue weighted by Crippen LogP contribution is 2.37. The molecule has 1 unspecified atom stereocenters. The summed E-state index contributed by atoms with van der Waals surface area (Å²) in [6, 6.07) is 3.61. The van der Waals surface area contributed by atoms with Crippen molar-refractivity contribution in [2.24, 2.45) is 5.73 Å². The molecule has 19 heavy (non-hydrogen) atoms. The molecule has 0 heterocycles. The first-order valence-electron chi connectivity index (χ1n) is 6.51. The number of hydrogen-bond donors (Lipinski definition) is 2. The highest BCUT2D eigenvalue weighted by atomic mass is 35.5. The van der Waals surface area contributed by atoms with Gasteiger partial charge >= 0.3 is 0 Å². The largest absolute Gasteiger partial charge is 0.503 e. The molecule has 0 aliphatic carbocycles. The van der Waals surface area contributed by atoms with E-state index in [9.17, 15) is 5.11 Å². The lowest BCUT2D eigenvalue weighted by molar-refractivity contribution is 0.245. The van der Waals surface area contributed by atoms with E-state index >= 15 is 0 Å². The number of likely N-dealkylation sites (N-methyl/N-ethyl adjacent to an activating group) is 1. The summed E-state index contributed by atoms with van der Waals surface area (Å²) in [5, 5.41) is 10.0. The van der Waals surface area contributed by atoms with Crippen molar-refractivity contribution in [2.75, 3.05) is 27.2 Å². The first-order chi connectivity index (χ1) is 9.04. The summed E-state index contributed by atoms with van der Waals surface area (Å²) in [6.07, 6.45) is 2.26.